The van der Waals surface area contributed by atoms with Crippen LogP contribution in [-0.2, 0) is 24.1 Å². The van der Waals surface area contributed by atoms with Gasteiger partial charge in [0.15, 0.2) is 0 Å². The van der Waals surface area contributed by atoms with E-state index < -0.39 is 0 Å². The maximum Gasteiger partial charge on any atom is 0.0594 e. The van der Waals surface area contributed by atoms with Gasteiger partial charge in [-0.15, -0.1) is 0 Å². The van der Waals surface area contributed by atoms with Crippen molar-refractivity contribution in [3.8, 4) is 0 Å². The molecule has 1 aromatic heterocycles. The van der Waals surface area contributed by atoms with Crippen LogP contribution in [0.15, 0.2) is 12.3 Å². The number of rotatable bonds is 5. The zero-order chi connectivity index (χ0) is 12.8. The second kappa shape index (κ2) is 6.86. The van der Waals surface area contributed by atoms with Gasteiger partial charge in [-0.2, -0.15) is 0 Å². The lowest BCUT2D eigenvalue weighted by Gasteiger charge is -2.27. The molecule has 100 valence electrons. The molecule has 2 heterocycles. The second-order valence-corrected chi connectivity index (χ2v) is 4.89. The van der Waals surface area contributed by atoms with E-state index in [9.17, 15) is 0 Å². The van der Waals surface area contributed by atoms with Crippen molar-refractivity contribution in [1.82, 2.24) is 9.88 Å². The Labute approximate surface area is 110 Å². The minimum Gasteiger partial charge on any atom is -0.379 e. The topological polar surface area (TPSA) is 25.4 Å². The molecule has 1 aliphatic rings. The number of morpholine rings is 1. The van der Waals surface area contributed by atoms with Crippen molar-refractivity contribution < 1.29 is 4.74 Å². The van der Waals surface area contributed by atoms with Crippen LogP contribution in [0, 0.1) is 0 Å². The lowest BCUT2D eigenvalue weighted by molar-refractivity contribution is 0.0335. The fourth-order valence-corrected chi connectivity index (χ4v) is 2.57. The van der Waals surface area contributed by atoms with Crippen LogP contribution in [0.25, 0.3) is 0 Å². The van der Waals surface area contributed by atoms with Gasteiger partial charge in [0.25, 0.3) is 0 Å². The quantitative estimate of drug-likeness (QED) is 0.800. The molecular formula is C15H24N2O. The summed E-state index contributed by atoms with van der Waals surface area (Å²) in [4.78, 5) is 7.07. The molecule has 0 bridgehead atoms. The number of hydrogen-bond acceptors (Lipinski definition) is 3. The van der Waals surface area contributed by atoms with Gasteiger partial charge in [-0.3, -0.25) is 9.88 Å². The molecule has 1 saturated heterocycles. The molecule has 3 nitrogen and oxygen atoms in total. The molecule has 0 aromatic carbocycles. The molecule has 0 saturated carbocycles. The second-order valence-electron chi connectivity index (χ2n) is 4.89. The molecule has 0 N–H and O–H groups in total. The lowest BCUT2D eigenvalue weighted by atomic mass is 9.99. The van der Waals surface area contributed by atoms with Crippen LogP contribution in [0.1, 0.15) is 37.1 Å². The van der Waals surface area contributed by atoms with Crippen molar-refractivity contribution in [3.63, 3.8) is 0 Å². The van der Waals surface area contributed by atoms with Gasteiger partial charge in [0, 0.05) is 25.8 Å². The zero-order valence-electron chi connectivity index (χ0n) is 11.6. The number of aryl methyl sites for hydroxylation is 1. The van der Waals surface area contributed by atoms with Gasteiger partial charge in [-0.25, -0.2) is 0 Å². The van der Waals surface area contributed by atoms with E-state index in [0.29, 0.717) is 0 Å². The third kappa shape index (κ3) is 3.30. The number of ether oxygens (including phenoxy) is 1. The summed E-state index contributed by atoms with van der Waals surface area (Å²) < 4.78 is 5.40. The Morgan fingerprint density at radius 2 is 2.06 bits per heavy atom. The largest absolute Gasteiger partial charge is 0.379 e. The van der Waals surface area contributed by atoms with E-state index in [0.717, 1.165) is 45.7 Å². The normalized spacial score (nSPS) is 17.0. The third-order valence-electron chi connectivity index (χ3n) is 3.60. The van der Waals surface area contributed by atoms with Gasteiger partial charge in [-0.05, 0) is 30.0 Å². The Kier molecular flexibility index (Phi) is 5.14. The zero-order valence-corrected chi connectivity index (χ0v) is 11.6. The van der Waals surface area contributed by atoms with E-state index in [1.165, 1.54) is 23.2 Å². The van der Waals surface area contributed by atoms with E-state index >= 15 is 0 Å². The maximum atomic E-state index is 5.40. The molecule has 1 aliphatic heterocycles. The summed E-state index contributed by atoms with van der Waals surface area (Å²) in [7, 11) is 0. The summed E-state index contributed by atoms with van der Waals surface area (Å²) in [5.41, 5.74) is 4.22. The van der Waals surface area contributed by atoms with Crippen molar-refractivity contribution in [2.75, 3.05) is 26.3 Å². The van der Waals surface area contributed by atoms with Crippen molar-refractivity contribution in [1.29, 1.82) is 0 Å². The average molecular weight is 248 g/mol. The summed E-state index contributed by atoms with van der Waals surface area (Å²) >= 11 is 0. The Morgan fingerprint density at radius 1 is 1.28 bits per heavy atom. The molecule has 18 heavy (non-hydrogen) atoms. The van der Waals surface area contributed by atoms with Crippen LogP contribution in [0.5, 0.6) is 0 Å². The summed E-state index contributed by atoms with van der Waals surface area (Å²) in [6, 6.07) is 2.17. The number of hydrogen-bond donors (Lipinski definition) is 0. The van der Waals surface area contributed by atoms with E-state index in [1.54, 1.807) is 0 Å². The van der Waals surface area contributed by atoms with Crippen LogP contribution in [0.4, 0.5) is 0 Å². The first-order valence-corrected chi connectivity index (χ1v) is 7.10. The Hall–Kier alpha value is -0.930. The Balaban J connectivity index is 2.14. The van der Waals surface area contributed by atoms with Crippen LogP contribution in [-0.4, -0.2) is 36.2 Å². The molecule has 2 rings (SSSR count). The van der Waals surface area contributed by atoms with Gasteiger partial charge in [0.2, 0.25) is 0 Å². The fraction of sp³-hybridized carbons (Fsp3) is 0.667. The van der Waals surface area contributed by atoms with Gasteiger partial charge in [-0.1, -0.05) is 20.3 Å². The van der Waals surface area contributed by atoms with Crippen molar-refractivity contribution in [2.24, 2.45) is 0 Å². The summed E-state index contributed by atoms with van der Waals surface area (Å²) in [6.07, 6.45) is 5.41. The van der Waals surface area contributed by atoms with Gasteiger partial charge >= 0.3 is 0 Å². The molecule has 0 aliphatic carbocycles. The predicted molar refractivity (Wildman–Crippen MR) is 73.7 cm³/mol. The smallest absolute Gasteiger partial charge is 0.0594 e. The highest BCUT2D eigenvalue weighted by Gasteiger charge is 2.14. The molecule has 1 fully saturated rings. The summed E-state index contributed by atoms with van der Waals surface area (Å²) in [6.45, 7) is 9.23. The van der Waals surface area contributed by atoms with Crippen LogP contribution in [0.2, 0.25) is 0 Å². The predicted octanol–water partition coefficient (Wildman–Crippen LogP) is 2.43. The van der Waals surface area contributed by atoms with Crippen molar-refractivity contribution in [2.45, 2.75) is 39.7 Å². The standard InChI is InChI=1S/C15H24N2O/c1-3-5-14-13(4-2)6-7-16-15(14)12-17-8-10-18-11-9-17/h6-7H,3-5,8-12H2,1-2H3. The number of nitrogens with zero attached hydrogens (tertiary/aromatic N) is 2. The van der Waals surface area contributed by atoms with Crippen LogP contribution < -0.4 is 0 Å². The third-order valence-corrected chi connectivity index (χ3v) is 3.60. The van der Waals surface area contributed by atoms with E-state index in [1.807, 2.05) is 6.20 Å². The molecular weight excluding hydrogens is 224 g/mol. The maximum absolute atomic E-state index is 5.40. The van der Waals surface area contributed by atoms with E-state index in [2.05, 4.69) is 29.8 Å². The SMILES string of the molecule is CCCc1c(CC)ccnc1CN1CCOCC1. The first-order valence-electron chi connectivity index (χ1n) is 7.10. The minimum atomic E-state index is 0.858. The van der Waals surface area contributed by atoms with Crippen molar-refractivity contribution >= 4 is 0 Å². The van der Waals surface area contributed by atoms with Crippen LogP contribution >= 0.6 is 0 Å². The fourth-order valence-electron chi connectivity index (χ4n) is 2.57. The highest BCUT2D eigenvalue weighted by molar-refractivity contribution is 5.30. The monoisotopic (exact) mass is 248 g/mol. The highest BCUT2D eigenvalue weighted by atomic mass is 16.5. The minimum absolute atomic E-state index is 0.858. The molecule has 3 heteroatoms. The van der Waals surface area contributed by atoms with Gasteiger partial charge in [0.05, 0.1) is 18.9 Å². The summed E-state index contributed by atoms with van der Waals surface area (Å²) in [5.74, 6) is 0. The Bertz CT molecular complexity index is 373. The van der Waals surface area contributed by atoms with Gasteiger partial charge in [0.1, 0.15) is 0 Å². The molecule has 0 atom stereocenters. The lowest BCUT2D eigenvalue weighted by Crippen LogP contribution is -2.36. The van der Waals surface area contributed by atoms with E-state index in [4.69, 9.17) is 4.74 Å². The number of aromatic nitrogens is 1. The van der Waals surface area contributed by atoms with Crippen LogP contribution in [0.3, 0.4) is 0 Å². The first kappa shape index (κ1) is 13.5. The van der Waals surface area contributed by atoms with Crippen molar-refractivity contribution in [3.05, 3.63) is 29.1 Å². The Morgan fingerprint density at radius 3 is 2.72 bits per heavy atom. The molecule has 1 aromatic rings. The van der Waals surface area contributed by atoms with Gasteiger partial charge < -0.3 is 4.74 Å². The average Bonchev–Trinajstić information content (AvgIpc) is 2.42. The first-order chi connectivity index (χ1) is 8.85. The molecule has 0 spiro atoms. The highest BCUT2D eigenvalue weighted by Crippen LogP contribution is 2.17. The molecule has 0 radical (unpaired) electrons. The van der Waals surface area contributed by atoms with E-state index in [-0.39, 0.29) is 0 Å². The molecule has 0 amide bonds. The number of pyridine rings is 1. The molecule has 0 unspecified atom stereocenters. The summed E-state index contributed by atoms with van der Waals surface area (Å²) in [5, 5.41) is 0.